The van der Waals surface area contributed by atoms with E-state index in [-0.39, 0.29) is 11.2 Å². The number of ketones is 1. The molecule has 2 N–H and O–H groups in total. The number of rotatable bonds is 0. The summed E-state index contributed by atoms with van der Waals surface area (Å²) < 4.78 is 70.4. The highest BCUT2D eigenvalue weighted by Gasteiger charge is 1.93. The number of hydrogen-bond acceptors (Lipinski definition) is 22. The quantitative estimate of drug-likeness (QED) is 0.234. The van der Waals surface area contributed by atoms with E-state index in [1.807, 2.05) is 89.1 Å². The Balaban J connectivity index is 0.000000970. The lowest BCUT2D eigenvalue weighted by Crippen LogP contribution is -2.01. The number of terminal acetylenes is 2. The first-order valence-corrected chi connectivity index (χ1v) is 28.9. The number of furan rings is 1. The molecule has 22 heteroatoms. The number of carbonyl (C=O) groups is 1. The highest BCUT2D eigenvalue weighted by Crippen LogP contribution is 2.08. The van der Waals surface area contributed by atoms with Gasteiger partial charge >= 0.3 is 0 Å². The molecule has 11 aliphatic rings. The minimum Gasteiger partial charge on any atom is -0.494 e. The van der Waals surface area contributed by atoms with Crippen LogP contribution in [0.1, 0.15) is 25.7 Å². The molecule has 92 heavy (non-hydrogen) atoms. The van der Waals surface area contributed by atoms with Crippen LogP contribution in [0.2, 0.25) is 0 Å². The molecule has 13 rings (SSSR count). The normalized spacial score (nSPS) is 15.0. The first kappa shape index (κ1) is 80.0. The predicted molar refractivity (Wildman–Crippen MR) is 361 cm³/mol. The largest absolute Gasteiger partial charge is 0.494 e. The van der Waals surface area contributed by atoms with Crippen molar-refractivity contribution in [2.45, 2.75) is 25.7 Å². The molecule has 0 aliphatic carbocycles. The fourth-order valence-electron chi connectivity index (χ4n) is 4.26. The maximum atomic E-state index is 10.5. The first-order valence-electron chi connectivity index (χ1n) is 26.9. The van der Waals surface area contributed by atoms with Crippen molar-refractivity contribution in [3.8, 4) is 36.5 Å². The number of nitrogens with one attached hydrogen (secondary N) is 2. The predicted octanol–water partition coefficient (Wildman–Crippen LogP) is 15.7. The van der Waals surface area contributed by atoms with E-state index in [0.29, 0.717) is 13.0 Å². The highest BCUT2D eigenvalue weighted by atomic mass is 32.2. The molecule has 2 aromatic heterocycles. The molecule has 0 bridgehead atoms. The Hall–Kier alpha value is -12.0. The SMILES string of the molecule is C#CC#CC#C.C1=CC=COC=C1.C1=COC=CC1.C1=COC=CCC1.C1=COC=CN1.C1=COC=CN=C1.C1=COC=CNC1.C1=COC=CO1.C1=COC=COC1.C1=COC=CSC1.C1=CSC=CO1.O=C1C=COC=CC1.O=c1ccocc1.c1ccoc1. The molecule has 482 valence electrons. The van der Waals surface area contributed by atoms with Crippen LogP contribution in [0.25, 0.3) is 0 Å². The molecular weight excluding hydrogens is 1220 g/mol. The van der Waals surface area contributed by atoms with Gasteiger partial charge in [0.05, 0.1) is 125 Å². The van der Waals surface area contributed by atoms with Gasteiger partial charge in [-0.1, -0.05) is 23.9 Å². The second kappa shape index (κ2) is 75.1. The Bertz CT molecular complexity index is 2660. The molecule has 0 atom stereocenters. The lowest BCUT2D eigenvalue weighted by molar-refractivity contribution is -0.113. The molecule has 0 unspecified atom stereocenters. The van der Waals surface area contributed by atoms with Crippen LogP contribution >= 0.6 is 23.5 Å². The van der Waals surface area contributed by atoms with E-state index < -0.39 is 0 Å². The molecule has 0 amide bonds. The van der Waals surface area contributed by atoms with Crippen LogP contribution in [0.15, 0.2) is 351 Å². The molecule has 0 saturated heterocycles. The maximum Gasteiger partial charge on any atom is 0.184 e. The maximum absolute atomic E-state index is 10.5. The summed E-state index contributed by atoms with van der Waals surface area (Å²) in [6.45, 7) is 1.47. The second-order valence-electron chi connectivity index (χ2n) is 14.7. The summed E-state index contributed by atoms with van der Waals surface area (Å²) in [7, 11) is 0. The smallest absolute Gasteiger partial charge is 0.184 e. The monoisotopic (exact) mass is 1290 g/mol. The van der Waals surface area contributed by atoms with Gasteiger partial charge < -0.3 is 81.0 Å². The minimum atomic E-state index is -0.0220. The van der Waals surface area contributed by atoms with Crippen LogP contribution in [-0.4, -0.2) is 30.9 Å². The number of allylic oxidation sites excluding steroid dienone is 11. The van der Waals surface area contributed by atoms with Crippen molar-refractivity contribution in [2.24, 2.45) is 4.99 Å². The molecule has 0 fully saturated rings. The fourth-order valence-corrected chi connectivity index (χ4v) is 5.05. The van der Waals surface area contributed by atoms with Crippen molar-refractivity contribution in [1.29, 1.82) is 0 Å². The molecule has 0 radical (unpaired) electrons. The number of nitrogens with zero attached hydrogens (tertiary/aromatic N) is 1. The van der Waals surface area contributed by atoms with E-state index in [4.69, 9.17) is 50.7 Å². The van der Waals surface area contributed by atoms with Gasteiger partial charge in [-0.05, 0) is 122 Å². The van der Waals surface area contributed by atoms with E-state index in [1.165, 1.54) is 87.1 Å². The topological polar surface area (TPSA) is 217 Å². The van der Waals surface area contributed by atoms with E-state index >= 15 is 0 Å². The van der Waals surface area contributed by atoms with Gasteiger partial charge in [-0.25, -0.2) is 0 Å². The van der Waals surface area contributed by atoms with Crippen molar-refractivity contribution in [2.75, 3.05) is 18.9 Å². The van der Waals surface area contributed by atoms with E-state index in [2.05, 4.69) is 71.8 Å². The van der Waals surface area contributed by atoms with Crippen molar-refractivity contribution in [1.82, 2.24) is 10.6 Å². The van der Waals surface area contributed by atoms with Crippen molar-refractivity contribution in [3.63, 3.8) is 0 Å². The average Bonchev–Trinajstić information content (AvgIpc) is 4.35. The zero-order chi connectivity index (χ0) is 66.0. The Morgan fingerprint density at radius 1 is 0.446 bits per heavy atom. The van der Waals surface area contributed by atoms with Crippen molar-refractivity contribution < 1.29 is 75.2 Å². The summed E-state index contributed by atoms with van der Waals surface area (Å²) in [5, 5.41) is 11.4. The van der Waals surface area contributed by atoms with Gasteiger partial charge in [-0.2, -0.15) is 0 Å². The zero-order valence-corrected chi connectivity index (χ0v) is 51.7. The second-order valence-corrected chi connectivity index (χ2v) is 16.5. The van der Waals surface area contributed by atoms with Gasteiger partial charge in [0.25, 0.3) is 0 Å². The summed E-state index contributed by atoms with van der Waals surface area (Å²) in [6.07, 6.45) is 92.8. The lowest BCUT2D eigenvalue weighted by Gasteiger charge is -1.94. The first-order chi connectivity index (χ1) is 45.7. The molecule has 11 aliphatic heterocycles. The zero-order valence-electron chi connectivity index (χ0n) is 50.1. The van der Waals surface area contributed by atoms with Gasteiger partial charge in [-0.15, -0.1) is 24.6 Å². The molecule has 20 nitrogen and oxygen atoms in total. The third-order valence-electron chi connectivity index (χ3n) is 7.96. The Morgan fingerprint density at radius 2 is 0.946 bits per heavy atom. The summed E-state index contributed by atoms with van der Waals surface area (Å²) in [5.41, 5.74) is -0.0220. The van der Waals surface area contributed by atoms with Crippen molar-refractivity contribution >= 4 is 35.5 Å². The van der Waals surface area contributed by atoms with Crippen LogP contribution in [-0.2, 0) is 66.4 Å². The third-order valence-corrected chi connectivity index (χ3v) is 9.19. The van der Waals surface area contributed by atoms with Crippen LogP contribution in [0.3, 0.4) is 0 Å². The number of hydrogen-bond donors (Lipinski definition) is 2. The Morgan fingerprint density at radius 3 is 1.50 bits per heavy atom. The number of ether oxygens (including phenoxy) is 13. The van der Waals surface area contributed by atoms with Crippen LogP contribution in [0, 0.1) is 36.5 Å². The summed E-state index contributed by atoms with van der Waals surface area (Å²) >= 11 is 3.33. The summed E-state index contributed by atoms with van der Waals surface area (Å²) in [5.74, 6) is 9.72. The van der Waals surface area contributed by atoms with Gasteiger partial charge in [0.2, 0.25) is 0 Å². The summed E-state index contributed by atoms with van der Waals surface area (Å²) in [6, 6.07) is 6.39. The van der Waals surface area contributed by atoms with Gasteiger partial charge in [0.15, 0.2) is 11.2 Å². The molecule has 0 aromatic carbocycles. The van der Waals surface area contributed by atoms with Crippen LogP contribution in [0.5, 0.6) is 0 Å². The molecule has 0 spiro atoms. The number of aliphatic imine (C=N–C) groups is 1. The Kier molecular flexibility index (Phi) is 65.3. The van der Waals surface area contributed by atoms with Gasteiger partial charge in [0.1, 0.15) is 69.2 Å². The van der Waals surface area contributed by atoms with E-state index in [9.17, 15) is 9.59 Å². The molecular formula is C70H73N3O17S2. The van der Waals surface area contributed by atoms with Gasteiger partial charge in [-0.3, -0.25) is 14.6 Å². The molecule has 2 aromatic rings. The average molecular weight is 1290 g/mol. The van der Waals surface area contributed by atoms with Gasteiger partial charge in [0, 0.05) is 78.0 Å². The molecule has 13 heterocycles. The van der Waals surface area contributed by atoms with Crippen LogP contribution in [0.4, 0.5) is 0 Å². The fraction of sp³-hybridized carbons (Fsp3) is 0.100. The number of thioether (sulfide) groups is 2. The van der Waals surface area contributed by atoms with Crippen molar-refractivity contribution in [3.05, 3.63) is 342 Å². The standard InChI is InChI=1S/C6H6O2.C6H8O.C6H6O.C6H2.C5H7NO.C5H5NO.C5H4O2.C5H6O2.C5H6OS.C5H6O.C4H5NO.C4H4O2.C4H4OS.C4H4O/c7-6-2-1-4-8-5-3-6;2*1-2-4-6-7-5-3-1;1-3-5-6-4-2;2*1-2-6-3-5-7-4-1;6-5-1-3-7-4-2-5;1-2-6-4-5-7-3-1;1-2-6-3-5-7-4-1;1-2-4-6-5-3-1;1-3-6-4-2-5-1;1-2-6-4-3-5-1;1-3-6-4-2-5-1;1-2-4-5-3-1/h1,3-5H,2H2;3-6H,1-2H2;1-6H;1-2H;1,3-6H,2H2;1-5H;1-4H;1-2,4-5H,3H2;1-3,5H,4H2;2-5H,1H2;1-5H;2*1-4H;1-4H. The van der Waals surface area contributed by atoms with E-state index in [0.717, 1.165) is 31.6 Å². The molecule has 0 saturated carbocycles. The van der Waals surface area contributed by atoms with Crippen LogP contribution < -0.4 is 16.1 Å². The van der Waals surface area contributed by atoms with E-state index in [1.54, 1.807) is 185 Å². The number of carbonyl (C=O) groups excluding carboxylic acids is 1. The third kappa shape index (κ3) is 74.1. The highest BCUT2D eigenvalue weighted by molar-refractivity contribution is 8.04. The minimum absolute atomic E-state index is 0.0220. The lowest BCUT2D eigenvalue weighted by atomic mass is 10.3. The Labute approximate surface area is 547 Å². The summed E-state index contributed by atoms with van der Waals surface area (Å²) in [4.78, 5) is 24.4.